The third-order valence-corrected chi connectivity index (χ3v) is 4.34. The predicted octanol–water partition coefficient (Wildman–Crippen LogP) is 5.07. The van der Waals surface area contributed by atoms with E-state index in [1.54, 1.807) is 0 Å². The normalized spacial score (nSPS) is 12.2. The maximum absolute atomic E-state index is 5.85. The summed E-state index contributed by atoms with van der Waals surface area (Å²) < 4.78 is 7.91. The molecular formula is C16H17Br2NO. The lowest BCUT2D eigenvalue weighted by Gasteiger charge is -2.13. The Balaban J connectivity index is 2.04. The SMILES string of the molecule is CNC(C)c1ccc(OCc2ccc(Br)cc2)c(Br)c1. The summed E-state index contributed by atoms with van der Waals surface area (Å²) in [6, 6.07) is 14.7. The monoisotopic (exact) mass is 397 g/mol. The van der Waals surface area contributed by atoms with Crippen LogP contribution in [0.15, 0.2) is 51.4 Å². The van der Waals surface area contributed by atoms with Gasteiger partial charge in [-0.15, -0.1) is 0 Å². The first kappa shape index (κ1) is 15.5. The minimum atomic E-state index is 0.326. The molecule has 2 aromatic rings. The zero-order valence-corrected chi connectivity index (χ0v) is 14.7. The lowest BCUT2D eigenvalue weighted by atomic mass is 10.1. The molecule has 20 heavy (non-hydrogen) atoms. The topological polar surface area (TPSA) is 21.3 Å². The summed E-state index contributed by atoms with van der Waals surface area (Å²) in [7, 11) is 1.95. The highest BCUT2D eigenvalue weighted by Crippen LogP contribution is 2.29. The predicted molar refractivity (Wildman–Crippen MR) is 90.1 cm³/mol. The van der Waals surface area contributed by atoms with Gasteiger partial charge in [0.2, 0.25) is 0 Å². The van der Waals surface area contributed by atoms with Crippen LogP contribution in [0.25, 0.3) is 0 Å². The van der Waals surface area contributed by atoms with E-state index in [0.29, 0.717) is 12.6 Å². The van der Waals surface area contributed by atoms with Crippen molar-refractivity contribution in [2.75, 3.05) is 7.05 Å². The van der Waals surface area contributed by atoms with Crippen molar-refractivity contribution in [1.82, 2.24) is 5.32 Å². The molecular weight excluding hydrogens is 382 g/mol. The highest BCUT2D eigenvalue weighted by Gasteiger charge is 2.07. The Kier molecular flexibility index (Phi) is 5.64. The zero-order chi connectivity index (χ0) is 14.5. The first-order chi connectivity index (χ1) is 9.60. The molecule has 1 atom stereocenters. The van der Waals surface area contributed by atoms with Crippen molar-refractivity contribution in [2.24, 2.45) is 0 Å². The lowest BCUT2D eigenvalue weighted by molar-refractivity contribution is 0.304. The van der Waals surface area contributed by atoms with Crippen LogP contribution in [0.1, 0.15) is 24.1 Å². The van der Waals surface area contributed by atoms with Crippen molar-refractivity contribution in [3.63, 3.8) is 0 Å². The Labute approximate surface area is 136 Å². The molecule has 0 aliphatic rings. The van der Waals surface area contributed by atoms with Crippen molar-refractivity contribution in [3.8, 4) is 5.75 Å². The van der Waals surface area contributed by atoms with Crippen LogP contribution in [0.3, 0.4) is 0 Å². The molecule has 0 heterocycles. The van der Waals surface area contributed by atoms with E-state index in [4.69, 9.17) is 4.74 Å². The molecule has 0 bridgehead atoms. The van der Waals surface area contributed by atoms with Gasteiger partial charge in [0.05, 0.1) is 4.47 Å². The minimum Gasteiger partial charge on any atom is -0.488 e. The van der Waals surface area contributed by atoms with Gasteiger partial charge in [0.1, 0.15) is 12.4 Å². The minimum absolute atomic E-state index is 0.326. The summed E-state index contributed by atoms with van der Waals surface area (Å²) in [5.41, 5.74) is 2.38. The van der Waals surface area contributed by atoms with Gasteiger partial charge in [0, 0.05) is 10.5 Å². The van der Waals surface area contributed by atoms with E-state index in [1.165, 1.54) is 5.56 Å². The Morgan fingerprint density at radius 2 is 1.80 bits per heavy atom. The molecule has 0 aliphatic carbocycles. The molecule has 2 rings (SSSR count). The van der Waals surface area contributed by atoms with Crippen LogP contribution < -0.4 is 10.1 Å². The van der Waals surface area contributed by atoms with E-state index in [9.17, 15) is 0 Å². The van der Waals surface area contributed by atoms with Crippen LogP contribution in [0, 0.1) is 0 Å². The molecule has 0 fully saturated rings. The summed E-state index contributed by atoms with van der Waals surface area (Å²) in [4.78, 5) is 0. The van der Waals surface area contributed by atoms with Crippen molar-refractivity contribution in [2.45, 2.75) is 19.6 Å². The fourth-order valence-electron chi connectivity index (χ4n) is 1.81. The van der Waals surface area contributed by atoms with Crippen LogP contribution in [0.5, 0.6) is 5.75 Å². The van der Waals surface area contributed by atoms with E-state index < -0.39 is 0 Å². The number of rotatable bonds is 5. The van der Waals surface area contributed by atoms with Gasteiger partial charge in [-0.2, -0.15) is 0 Å². The second kappa shape index (κ2) is 7.25. The molecule has 0 radical (unpaired) electrons. The fourth-order valence-corrected chi connectivity index (χ4v) is 2.59. The quantitative estimate of drug-likeness (QED) is 0.758. The zero-order valence-electron chi connectivity index (χ0n) is 11.5. The largest absolute Gasteiger partial charge is 0.488 e. The molecule has 0 saturated carbocycles. The van der Waals surface area contributed by atoms with Crippen LogP contribution in [-0.4, -0.2) is 7.05 Å². The van der Waals surface area contributed by atoms with Crippen molar-refractivity contribution < 1.29 is 4.74 Å². The Morgan fingerprint density at radius 1 is 1.10 bits per heavy atom. The van der Waals surface area contributed by atoms with E-state index in [0.717, 1.165) is 20.3 Å². The average Bonchev–Trinajstić information content (AvgIpc) is 2.46. The fraction of sp³-hybridized carbons (Fsp3) is 0.250. The maximum atomic E-state index is 5.85. The van der Waals surface area contributed by atoms with Crippen LogP contribution >= 0.6 is 31.9 Å². The number of nitrogens with one attached hydrogen (secondary N) is 1. The number of halogens is 2. The highest BCUT2D eigenvalue weighted by atomic mass is 79.9. The van der Waals surface area contributed by atoms with Crippen molar-refractivity contribution >= 4 is 31.9 Å². The van der Waals surface area contributed by atoms with Gasteiger partial charge in [0.15, 0.2) is 0 Å². The van der Waals surface area contributed by atoms with Crippen LogP contribution in [0.4, 0.5) is 0 Å². The van der Waals surface area contributed by atoms with Crippen molar-refractivity contribution in [3.05, 3.63) is 62.5 Å². The molecule has 2 aromatic carbocycles. The number of hydrogen-bond acceptors (Lipinski definition) is 2. The second-order valence-corrected chi connectivity index (χ2v) is 6.39. The third kappa shape index (κ3) is 4.08. The number of ether oxygens (including phenoxy) is 1. The molecule has 0 aliphatic heterocycles. The van der Waals surface area contributed by atoms with Gasteiger partial charge in [-0.25, -0.2) is 0 Å². The van der Waals surface area contributed by atoms with Gasteiger partial charge >= 0.3 is 0 Å². The molecule has 2 nitrogen and oxygen atoms in total. The van der Waals surface area contributed by atoms with E-state index in [-0.39, 0.29) is 0 Å². The van der Waals surface area contributed by atoms with Crippen molar-refractivity contribution in [1.29, 1.82) is 0 Å². The van der Waals surface area contributed by atoms with Crippen LogP contribution in [0.2, 0.25) is 0 Å². The first-order valence-electron chi connectivity index (χ1n) is 6.44. The first-order valence-corrected chi connectivity index (χ1v) is 8.02. The summed E-state index contributed by atoms with van der Waals surface area (Å²) in [6.45, 7) is 2.69. The number of benzene rings is 2. The molecule has 0 saturated heterocycles. The summed E-state index contributed by atoms with van der Waals surface area (Å²) >= 11 is 7.00. The second-order valence-electron chi connectivity index (χ2n) is 4.62. The van der Waals surface area contributed by atoms with Gasteiger partial charge in [0.25, 0.3) is 0 Å². The summed E-state index contributed by atoms with van der Waals surface area (Å²) in [5.74, 6) is 0.861. The molecule has 0 spiro atoms. The van der Waals surface area contributed by atoms with E-state index in [2.05, 4.69) is 68.4 Å². The summed E-state index contributed by atoms with van der Waals surface area (Å²) in [6.07, 6.45) is 0. The van der Waals surface area contributed by atoms with E-state index >= 15 is 0 Å². The third-order valence-electron chi connectivity index (χ3n) is 3.20. The van der Waals surface area contributed by atoms with Gasteiger partial charge < -0.3 is 10.1 Å². The highest BCUT2D eigenvalue weighted by molar-refractivity contribution is 9.10. The average molecular weight is 399 g/mol. The standard InChI is InChI=1S/C16H17Br2NO/c1-11(19-2)13-5-8-16(15(18)9-13)20-10-12-3-6-14(17)7-4-12/h3-9,11,19H,10H2,1-2H3. The Hall–Kier alpha value is -0.840. The Morgan fingerprint density at radius 3 is 2.40 bits per heavy atom. The van der Waals surface area contributed by atoms with Gasteiger partial charge in [-0.1, -0.05) is 34.1 Å². The number of hydrogen-bond donors (Lipinski definition) is 1. The lowest BCUT2D eigenvalue weighted by Crippen LogP contribution is -2.12. The molecule has 0 amide bonds. The molecule has 1 unspecified atom stereocenters. The molecule has 4 heteroatoms. The van der Waals surface area contributed by atoms with Crippen LogP contribution in [-0.2, 0) is 6.61 Å². The summed E-state index contributed by atoms with van der Waals surface area (Å²) in [5, 5.41) is 3.22. The maximum Gasteiger partial charge on any atom is 0.134 e. The molecule has 0 aromatic heterocycles. The van der Waals surface area contributed by atoms with E-state index in [1.807, 2.05) is 25.2 Å². The van der Waals surface area contributed by atoms with Gasteiger partial charge in [-0.3, -0.25) is 0 Å². The van der Waals surface area contributed by atoms with Gasteiger partial charge in [-0.05, 0) is 65.3 Å². The smallest absolute Gasteiger partial charge is 0.134 e. The molecule has 106 valence electrons. The Bertz CT molecular complexity index is 569. The molecule has 1 N–H and O–H groups in total.